The van der Waals surface area contributed by atoms with Crippen LogP contribution in [0.2, 0.25) is 5.02 Å². The number of nitrogens with one attached hydrogen (secondary N) is 1. The predicted octanol–water partition coefficient (Wildman–Crippen LogP) is 19.4. The molecule has 21 rings (SSSR count). The number of Topliss-reactive ketones (excluding diaryl/α,β-unsaturated/α-hetero) is 3. The molecule has 3 N–H and O–H groups in total. The van der Waals surface area contributed by atoms with Crippen LogP contribution in [0, 0.1) is 0 Å². The Morgan fingerprint density at radius 1 is 0.556 bits per heavy atom. The van der Waals surface area contributed by atoms with E-state index in [0.717, 1.165) is 127 Å². The number of ether oxygens (including phenoxy) is 2. The van der Waals surface area contributed by atoms with Crippen molar-refractivity contribution in [2.24, 2.45) is 4.99 Å². The average Bonchev–Trinajstić information content (AvgIpc) is 1.64. The summed E-state index contributed by atoms with van der Waals surface area (Å²) in [5.41, 5.74) is 12.4. The first-order valence-corrected chi connectivity index (χ1v) is 44.9. The van der Waals surface area contributed by atoms with Crippen molar-refractivity contribution in [1.29, 1.82) is 0 Å². The smallest absolute Gasteiger partial charge is 0.489 e. The zero-order valence-corrected chi connectivity index (χ0v) is 74.8. The molecule has 124 heavy (non-hydrogen) atoms. The minimum absolute atomic E-state index is 0.177. The third kappa shape index (κ3) is 21.0. The first kappa shape index (κ1) is 86.9. The molecule has 2 atom stereocenters. The Kier molecular flexibility index (Phi) is 26.4. The number of likely N-dealkylation sites (tertiary alicyclic amines) is 1. The van der Waals surface area contributed by atoms with Crippen LogP contribution < -0.4 is 15.5 Å². The zero-order chi connectivity index (χ0) is 86.7. The molecule has 636 valence electrons. The van der Waals surface area contributed by atoms with E-state index >= 15 is 0 Å². The van der Waals surface area contributed by atoms with Crippen LogP contribution in [0.3, 0.4) is 0 Å². The average molecular weight is 1880 g/mol. The molecule has 5 saturated carbocycles. The molecule has 9 aromatic carbocycles. The summed E-state index contributed by atoms with van der Waals surface area (Å²) >= 11 is 16.8. The molecule has 7 fully saturated rings. The van der Waals surface area contributed by atoms with E-state index in [2.05, 4.69) is 175 Å². The van der Waals surface area contributed by atoms with E-state index in [4.69, 9.17) is 35.5 Å². The van der Waals surface area contributed by atoms with Gasteiger partial charge in [-0.15, -0.1) is 0 Å². The number of aliphatic hydroxyl groups excluding tert-OH is 1. The van der Waals surface area contributed by atoms with Crippen LogP contribution in [-0.2, 0) is 35.0 Å². The zero-order valence-electron chi connectivity index (χ0n) is 69.3. The van der Waals surface area contributed by atoms with E-state index in [9.17, 15) is 33.9 Å². The molecule has 28 heteroatoms. The van der Waals surface area contributed by atoms with Gasteiger partial charge in [-0.05, 0) is 230 Å². The third-order valence-corrected chi connectivity index (χ3v) is 25.2. The largest absolute Gasteiger partial charge is 0.494 e. The Bertz CT molecular complexity index is 6160. The van der Waals surface area contributed by atoms with Crippen LogP contribution in [0.25, 0.3) is 65.9 Å². The molecule has 7 heterocycles. The van der Waals surface area contributed by atoms with Gasteiger partial charge in [0.1, 0.15) is 11.9 Å². The number of rotatable bonds is 21. The number of fused-ring (bicyclic) bond motifs is 5. The van der Waals surface area contributed by atoms with Gasteiger partial charge in [0.2, 0.25) is 5.78 Å². The number of carbonyl (C=O) groups excluding carboxylic acids is 5. The quantitative estimate of drug-likeness (QED) is 0.0261. The summed E-state index contributed by atoms with van der Waals surface area (Å²) in [6.07, 6.45) is 22.9. The predicted molar refractivity (Wildman–Crippen MR) is 491 cm³/mol. The van der Waals surface area contributed by atoms with Crippen LogP contribution in [0.5, 0.6) is 5.75 Å². The lowest BCUT2D eigenvalue weighted by atomic mass is 9.78. The van der Waals surface area contributed by atoms with Crippen molar-refractivity contribution in [1.82, 2.24) is 49.3 Å². The summed E-state index contributed by atoms with van der Waals surface area (Å²) in [6.45, 7) is 12.8. The Morgan fingerprint density at radius 3 is 1.56 bits per heavy atom. The second-order valence-electron chi connectivity index (χ2n) is 33.5. The lowest BCUT2D eigenvalue weighted by molar-refractivity contribution is -0.137. The Balaban J connectivity index is 0.000000119. The lowest BCUT2D eigenvalue weighted by Crippen LogP contribution is -2.48. The van der Waals surface area contributed by atoms with Crippen LogP contribution in [0.1, 0.15) is 190 Å². The molecular weight excluding hydrogens is 1790 g/mol. The maximum Gasteiger partial charge on any atom is 0.494 e. The fourth-order valence-corrected chi connectivity index (χ4v) is 16.3. The van der Waals surface area contributed by atoms with Crippen molar-refractivity contribution in [3.63, 3.8) is 0 Å². The molecule has 0 unspecified atom stereocenters. The molecule has 0 spiro atoms. The third-order valence-electron chi connectivity index (χ3n) is 23.4. The first-order valence-electron chi connectivity index (χ1n) is 42.1. The number of aliphatic carboxylic acids is 1. The molecule has 4 aromatic heterocycles. The second kappa shape index (κ2) is 37.7. The number of benzene rings is 9. The normalized spacial score (nSPS) is 17.0. The maximum absolute atomic E-state index is 13.2. The lowest BCUT2D eigenvalue weighted by Gasteiger charge is -2.32. The van der Waals surface area contributed by atoms with E-state index in [0.29, 0.717) is 58.2 Å². The molecule has 8 aliphatic rings. The number of aromatic nitrogens is 8. The molecule has 3 aliphatic heterocycles. The van der Waals surface area contributed by atoms with Crippen molar-refractivity contribution in [3.8, 4) is 28.0 Å². The number of halogens is 4. The molecule has 13 aromatic rings. The van der Waals surface area contributed by atoms with E-state index < -0.39 is 65.7 Å². The van der Waals surface area contributed by atoms with E-state index in [1.165, 1.54) is 65.9 Å². The number of hydrogen-bond donors (Lipinski definition) is 3. The highest BCUT2D eigenvalue weighted by Crippen LogP contribution is 2.43. The van der Waals surface area contributed by atoms with Crippen molar-refractivity contribution in [2.75, 3.05) is 26.2 Å². The molecule has 2 saturated heterocycles. The maximum atomic E-state index is 13.2. The van der Waals surface area contributed by atoms with E-state index in [1.807, 2.05) is 88.9 Å². The van der Waals surface area contributed by atoms with E-state index in [1.54, 1.807) is 85.8 Å². The number of nitrogens with zero attached hydrogens (tertiary/aromatic N) is 10. The molecule has 23 nitrogen and oxygen atoms in total. The van der Waals surface area contributed by atoms with E-state index in [-0.39, 0.29) is 18.3 Å². The minimum atomic E-state index is -1.44. The van der Waals surface area contributed by atoms with Gasteiger partial charge >= 0.3 is 19.1 Å². The Morgan fingerprint density at radius 2 is 1.04 bits per heavy atom. The monoisotopic (exact) mass is 1880 g/mol. The summed E-state index contributed by atoms with van der Waals surface area (Å²) in [5, 5.41) is 46.0. The molecule has 0 bridgehead atoms. The number of aliphatic hydroxyl groups is 1. The van der Waals surface area contributed by atoms with Crippen molar-refractivity contribution in [3.05, 3.63) is 259 Å². The van der Waals surface area contributed by atoms with Crippen molar-refractivity contribution in [2.45, 2.75) is 172 Å². The van der Waals surface area contributed by atoms with Gasteiger partial charge in [0.05, 0.1) is 106 Å². The van der Waals surface area contributed by atoms with Gasteiger partial charge < -0.3 is 39.2 Å². The summed E-state index contributed by atoms with van der Waals surface area (Å²) in [6, 6.07) is 58.4. The standard InChI is InChI=1S/C34H35ClN4O4.C18H14N2O3.C16H21BO5.2C10H9BrN2.C8H6BrN/c35-28-17-24(9-14-31(28)43-27-12-13-27)32(40)29(20-38-15-1-2-16-38)37-34(42)33(41)22-5-3-21(4-6-22)23-7-8-25-19-36-39(26-10-11-26)30(25)18-23;21-17(18(22)23)12-3-1-11(2-4-12)13-5-6-14-10-19-20(15-7-8-15)16(14)9-13;1-6-20-14(19)13(18)11-7-9-12(10-8-11)17-21-15(2,3)16(4,5)22-17;11-8-2-1-7-6-13(9-3-4-9)12-10(7)5-8;11-8-2-1-7-6-12-13(9-3-4-9)10(7)5-8;9-8-2-1-6-4-10-5-7(6)3-8/h3-9,14,17-19,26-27,29,32,40H,1-2,10-13,15-16,20H2,(H,37,42);1-6,9-10,15H,7-8H2,(H,22,23);7-10H,6H2,1-5H3;2*1-2,5-6,9H,3-4H2;1-4H,5H2/t29-,32-;;;;;/m1...../s1. The van der Waals surface area contributed by atoms with Gasteiger partial charge in [-0.3, -0.25) is 42.9 Å². The van der Waals surface area contributed by atoms with Crippen LogP contribution in [0.15, 0.2) is 225 Å². The number of aliphatic imine (C=N–C) groups is 1. The fraction of sp³-hybridized carbons (Fsp3) is 0.323. The van der Waals surface area contributed by atoms with Gasteiger partial charge in [-0.1, -0.05) is 181 Å². The van der Waals surface area contributed by atoms with Gasteiger partial charge in [-0.25, -0.2) is 9.59 Å². The number of hydrogen-bond acceptors (Lipinski definition) is 17. The van der Waals surface area contributed by atoms with Crippen molar-refractivity contribution < 1.29 is 57.8 Å². The number of ketones is 3. The minimum Gasteiger partial charge on any atom is -0.489 e. The van der Waals surface area contributed by atoms with Crippen LogP contribution in [0.4, 0.5) is 0 Å². The molecular formula is C96H94BBr3ClN11O12. The van der Waals surface area contributed by atoms with Crippen molar-refractivity contribution >= 4 is 157 Å². The molecule has 1 amide bonds. The Hall–Kier alpha value is -10.6. The molecule has 5 aliphatic carbocycles. The topological polar surface area (TPSA) is 279 Å². The number of esters is 1. The van der Waals surface area contributed by atoms with Crippen LogP contribution in [-0.4, -0.2) is 152 Å². The van der Waals surface area contributed by atoms with Crippen LogP contribution >= 0.6 is 59.4 Å². The summed E-state index contributed by atoms with van der Waals surface area (Å²) in [4.78, 5) is 78.3. The molecule has 0 radical (unpaired) electrons. The second-order valence-corrected chi connectivity index (χ2v) is 36.6. The Labute approximate surface area is 748 Å². The number of carboxylic acids is 1. The highest BCUT2D eigenvalue weighted by molar-refractivity contribution is 9.11. The fourth-order valence-electron chi connectivity index (χ4n) is 15.0. The summed E-state index contributed by atoms with van der Waals surface area (Å²) in [7, 11) is -0.489. The van der Waals surface area contributed by atoms with Gasteiger partial charge in [0.25, 0.3) is 17.5 Å². The number of amides is 1. The number of carboxylic acid groups (broad SMARTS) is 1. The summed E-state index contributed by atoms with van der Waals surface area (Å²) in [5.74, 6) is -4.61. The number of carbonyl (C=O) groups is 6. The van der Waals surface area contributed by atoms with Gasteiger partial charge in [-0.2, -0.15) is 20.4 Å². The first-order chi connectivity index (χ1) is 59.8. The highest BCUT2D eigenvalue weighted by Gasteiger charge is 2.52. The van der Waals surface area contributed by atoms with Gasteiger partial charge in [0.15, 0.2) is 0 Å². The highest BCUT2D eigenvalue weighted by atomic mass is 79.9. The summed E-state index contributed by atoms with van der Waals surface area (Å²) < 4.78 is 34.2. The van der Waals surface area contributed by atoms with Gasteiger partial charge in [0, 0.05) is 70.6 Å². The SMILES string of the molecule is Brc1ccc2c(c1)CN=C2.Brc1ccc2cn(C3CC3)nc2c1.Brc1ccc2cnn(C3CC3)c2c1.CCOC(=O)C(=O)c1ccc(B2OC(C)(C)C(C)(C)O2)cc1.O=C(N[C@H](CN1CCCC1)[C@H](O)c1ccc(OC2CC2)c(Cl)c1)C(=O)c1ccc(-c2ccc3cnn(C4CC4)c3c2)cc1.O=C(O)C(=O)c1ccc(-c2ccc3cnn(C4CC4)c3c2)cc1.